The van der Waals surface area contributed by atoms with Gasteiger partial charge in [0.2, 0.25) is 0 Å². The second-order valence-electron chi connectivity index (χ2n) is 10.9. The predicted molar refractivity (Wildman–Crippen MR) is 184 cm³/mol. The van der Waals surface area contributed by atoms with Gasteiger partial charge in [-0.1, -0.05) is 109 Å². The fraction of sp³-hybridized carbons (Fsp3) is 0. The molecule has 0 N–H and O–H groups in total. The van der Waals surface area contributed by atoms with Crippen molar-refractivity contribution in [2.75, 3.05) is 4.90 Å². The molecule has 3 heteroatoms. The second-order valence-corrected chi connectivity index (χ2v) is 12.0. The first kappa shape index (κ1) is 24.2. The minimum absolute atomic E-state index is 0.917. The standard InChI is InChI=1S/C40H25NOS/c1-2-11-28(12-3-1)41(35-17-9-19-37-38(35)34-25-22-26-10-4-5-13-31(26)40(34)43-37)29-23-20-27(21-24-29)30-15-8-16-33-32-14-6-7-18-36(32)42-39(30)33/h1-25H. The van der Waals surface area contributed by atoms with E-state index in [1.165, 1.54) is 36.6 Å². The number of benzene rings is 7. The van der Waals surface area contributed by atoms with Gasteiger partial charge >= 0.3 is 0 Å². The third-order valence-electron chi connectivity index (χ3n) is 8.46. The lowest BCUT2D eigenvalue weighted by molar-refractivity contribution is 0.670. The maximum Gasteiger partial charge on any atom is 0.143 e. The highest BCUT2D eigenvalue weighted by Crippen LogP contribution is 2.46. The van der Waals surface area contributed by atoms with Crippen molar-refractivity contribution in [1.29, 1.82) is 0 Å². The van der Waals surface area contributed by atoms with Gasteiger partial charge in [0, 0.05) is 47.9 Å². The molecule has 0 bridgehead atoms. The van der Waals surface area contributed by atoms with E-state index >= 15 is 0 Å². The second kappa shape index (κ2) is 9.59. The van der Waals surface area contributed by atoms with Gasteiger partial charge in [0.05, 0.1) is 5.69 Å². The van der Waals surface area contributed by atoms with E-state index in [1.54, 1.807) is 0 Å². The van der Waals surface area contributed by atoms with Crippen LogP contribution in [0.2, 0.25) is 0 Å². The summed E-state index contributed by atoms with van der Waals surface area (Å²) >= 11 is 1.88. The largest absolute Gasteiger partial charge is 0.455 e. The van der Waals surface area contributed by atoms with Crippen LogP contribution in [-0.4, -0.2) is 0 Å². The van der Waals surface area contributed by atoms with Gasteiger partial charge in [0.25, 0.3) is 0 Å². The molecule has 202 valence electrons. The van der Waals surface area contributed by atoms with Crippen LogP contribution in [0.1, 0.15) is 0 Å². The molecule has 9 aromatic rings. The smallest absolute Gasteiger partial charge is 0.143 e. The molecule has 43 heavy (non-hydrogen) atoms. The van der Waals surface area contributed by atoms with E-state index in [0.717, 1.165) is 44.4 Å². The normalized spacial score (nSPS) is 11.7. The maximum absolute atomic E-state index is 6.36. The minimum atomic E-state index is 0.917. The molecular formula is C40H25NOS. The lowest BCUT2D eigenvalue weighted by atomic mass is 10.0. The van der Waals surface area contributed by atoms with Crippen LogP contribution in [0.3, 0.4) is 0 Å². The van der Waals surface area contributed by atoms with Gasteiger partial charge in [-0.25, -0.2) is 0 Å². The summed E-state index contributed by atoms with van der Waals surface area (Å²) in [7, 11) is 0. The van der Waals surface area contributed by atoms with Crippen LogP contribution in [0.25, 0.3) is 64.0 Å². The number of para-hydroxylation sites is 3. The zero-order valence-corrected chi connectivity index (χ0v) is 24.0. The third-order valence-corrected chi connectivity index (χ3v) is 9.67. The molecule has 0 atom stereocenters. The molecule has 9 rings (SSSR count). The van der Waals surface area contributed by atoms with Gasteiger partial charge in [-0.2, -0.15) is 0 Å². The van der Waals surface area contributed by atoms with Crippen molar-refractivity contribution in [3.8, 4) is 11.1 Å². The van der Waals surface area contributed by atoms with Crippen molar-refractivity contribution in [2.24, 2.45) is 0 Å². The van der Waals surface area contributed by atoms with Crippen LogP contribution in [0.5, 0.6) is 0 Å². The average molecular weight is 568 g/mol. The molecule has 0 amide bonds. The summed E-state index contributed by atoms with van der Waals surface area (Å²) in [4.78, 5) is 2.38. The molecule has 0 aliphatic rings. The Morgan fingerprint density at radius 1 is 0.488 bits per heavy atom. The van der Waals surface area contributed by atoms with Crippen LogP contribution in [0, 0.1) is 0 Å². The first-order valence-electron chi connectivity index (χ1n) is 14.5. The van der Waals surface area contributed by atoms with Gasteiger partial charge < -0.3 is 9.32 Å². The first-order chi connectivity index (χ1) is 21.3. The highest BCUT2D eigenvalue weighted by Gasteiger charge is 2.19. The van der Waals surface area contributed by atoms with Crippen LogP contribution in [-0.2, 0) is 0 Å². The van der Waals surface area contributed by atoms with Crippen molar-refractivity contribution in [3.63, 3.8) is 0 Å². The molecule has 7 aromatic carbocycles. The number of nitrogens with zero attached hydrogens (tertiary/aromatic N) is 1. The summed E-state index contributed by atoms with van der Waals surface area (Å²) in [5, 5.41) is 7.46. The molecular weight excluding hydrogens is 543 g/mol. The summed E-state index contributed by atoms with van der Waals surface area (Å²) in [6.45, 7) is 0. The van der Waals surface area contributed by atoms with Gasteiger partial charge in [0.15, 0.2) is 0 Å². The Hall–Kier alpha value is -5.38. The molecule has 2 heterocycles. The summed E-state index contributed by atoms with van der Waals surface area (Å²) in [6, 6.07) is 54.1. The Labute approximate surface area is 252 Å². The van der Waals surface area contributed by atoms with Crippen molar-refractivity contribution < 1.29 is 4.42 Å². The summed E-state index contributed by atoms with van der Waals surface area (Å²) in [5.74, 6) is 0. The minimum Gasteiger partial charge on any atom is -0.455 e. The quantitative estimate of drug-likeness (QED) is 0.210. The number of anilines is 3. The van der Waals surface area contributed by atoms with E-state index in [-0.39, 0.29) is 0 Å². The van der Waals surface area contributed by atoms with Gasteiger partial charge in [-0.3, -0.25) is 0 Å². The zero-order chi connectivity index (χ0) is 28.3. The van der Waals surface area contributed by atoms with E-state index in [9.17, 15) is 0 Å². The third kappa shape index (κ3) is 3.79. The monoisotopic (exact) mass is 567 g/mol. The van der Waals surface area contributed by atoms with Crippen molar-refractivity contribution >= 4 is 81.3 Å². The Balaban J connectivity index is 1.23. The van der Waals surface area contributed by atoms with Gasteiger partial charge in [-0.15, -0.1) is 11.3 Å². The number of hydrogen-bond donors (Lipinski definition) is 0. The molecule has 0 aliphatic heterocycles. The Morgan fingerprint density at radius 3 is 2.09 bits per heavy atom. The summed E-state index contributed by atoms with van der Waals surface area (Å²) in [5.41, 5.74) is 7.49. The number of thiophene rings is 1. The highest BCUT2D eigenvalue weighted by molar-refractivity contribution is 7.26. The zero-order valence-electron chi connectivity index (χ0n) is 23.2. The highest BCUT2D eigenvalue weighted by atomic mass is 32.1. The van der Waals surface area contributed by atoms with Crippen molar-refractivity contribution in [2.45, 2.75) is 0 Å². The Morgan fingerprint density at radius 2 is 1.21 bits per heavy atom. The molecule has 0 spiro atoms. The van der Waals surface area contributed by atoms with E-state index in [4.69, 9.17) is 4.42 Å². The van der Waals surface area contributed by atoms with E-state index in [1.807, 2.05) is 23.5 Å². The molecule has 0 saturated carbocycles. The van der Waals surface area contributed by atoms with Crippen LogP contribution < -0.4 is 4.90 Å². The predicted octanol–water partition coefficient (Wildman–Crippen LogP) is 12.2. The van der Waals surface area contributed by atoms with Crippen molar-refractivity contribution in [1.82, 2.24) is 0 Å². The van der Waals surface area contributed by atoms with Gasteiger partial charge in [0.1, 0.15) is 11.2 Å². The SMILES string of the molecule is c1ccc(N(c2ccc(-c3cccc4c3oc3ccccc34)cc2)c2cccc3sc4c5ccccc5ccc4c23)cc1. The van der Waals surface area contributed by atoms with Crippen molar-refractivity contribution in [3.05, 3.63) is 152 Å². The molecule has 2 nitrogen and oxygen atoms in total. The van der Waals surface area contributed by atoms with Gasteiger partial charge in [-0.05, 0) is 58.8 Å². The Bertz CT molecular complexity index is 2450. The molecule has 0 fully saturated rings. The molecule has 0 radical (unpaired) electrons. The fourth-order valence-electron chi connectivity index (χ4n) is 6.49. The fourth-order valence-corrected chi connectivity index (χ4v) is 7.75. The van der Waals surface area contributed by atoms with Crippen LogP contribution in [0.4, 0.5) is 17.1 Å². The van der Waals surface area contributed by atoms with E-state index < -0.39 is 0 Å². The average Bonchev–Trinajstić information content (AvgIpc) is 3.65. The Kier molecular flexibility index (Phi) is 5.40. The summed E-state index contributed by atoms with van der Waals surface area (Å²) in [6.07, 6.45) is 0. The lowest BCUT2D eigenvalue weighted by Gasteiger charge is -2.26. The number of fused-ring (bicyclic) bond motifs is 8. The lowest BCUT2D eigenvalue weighted by Crippen LogP contribution is -2.10. The number of rotatable bonds is 4. The molecule has 0 unspecified atom stereocenters. The summed E-state index contributed by atoms with van der Waals surface area (Å²) < 4.78 is 8.98. The number of furan rings is 1. The first-order valence-corrected chi connectivity index (χ1v) is 15.3. The van der Waals surface area contributed by atoms with E-state index in [0.29, 0.717) is 0 Å². The van der Waals surface area contributed by atoms with Crippen LogP contribution in [0.15, 0.2) is 156 Å². The maximum atomic E-state index is 6.36. The molecule has 0 aliphatic carbocycles. The topological polar surface area (TPSA) is 16.4 Å². The molecule has 2 aromatic heterocycles. The van der Waals surface area contributed by atoms with E-state index in [2.05, 4.69) is 144 Å². The molecule has 0 saturated heterocycles. The number of hydrogen-bond acceptors (Lipinski definition) is 3. The van der Waals surface area contributed by atoms with Crippen LogP contribution >= 0.6 is 11.3 Å².